The average molecular weight is 312 g/mol. The molecule has 1 aromatic rings. The zero-order valence-corrected chi connectivity index (χ0v) is 13.5. The summed E-state index contributed by atoms with van der Waals surface area (Å²) in [5, 5.41) is 20.4. The van der Waals surface area contributed by atoms with E-state index in [1.165, 1.54) is 0 Å². The van der Waals surface area contributed by atoms with Gasteiger partial charge < -0.3 is 10.2 Å². The number of fused-ring (bicyclic) bond motifs is 1. The van der Waals surface area contributed by atoms with E-state index in [-0.39, 0.29) is 23.7 Å². The van der Waals surface area contributed by atoms with Gasteiger partial charge in [0.2, 0.25) is 0 Å². The summed E-state index contributed by atoms with van der Waals surface area (Å²) in [6.07, 6.45) is 1.51. The van der Waals surface area contributed by atoms with Crippen molar-refractivity contribution in [3.05, 3.63) is 35.9 Å². The van der Waals surface area contributed by atoms with Crippen LogP contribution in [0.5, 0.6) is 0 Å². The molecule has 23 heavy (non-hydrogen) atoms. The summed E-state index contributed by atoms with van der Waals surface area (Å²) < 4.78 is 0. The van der Waals surface area contributed by atoms with Crippen LogP contribution in [0, 0.1) is 35.5 Å². The molecule has 2 aliphatic carbocycles. The summed E-state index contributed by atoms with van der Waals surface area (Å²) in [6.45, 7) is 2.02. The minimum absolute atomic E-state index is 0.0421. The molecule has 122 valence electrons. The second kappa shape index (κ2) is 6.86. The molecular formula is C20H24O3. The molecule has 3 rings (SSSR count). The molecule has 2 saturated carbocycles. The third-order valence-corrected chi connectivity index (χ3v) is 5.39. The van der Waals surface area contributed by atoms with Crippen molar-refractivity contribution in [2.24, 2.45) is 23.7 Å². The van der Waals surface area contributed by atoms with Gasteiger partial charge in [0, 0.05) is 18.3 Å². The smallest absolute Gasteiger partial charge is 0.139 e. The van der Waals surface area contributed by atoms with E-state index in [1.807, 2.05) is 37.3 Å². The lowest BCUT2D eigenvalue weighted by molar-refractivity contribution is -0.153. The molecule has 2 fully saturated rings. The molecule has 2 aliphatic rings. The minimum atomic E-state index is -0.735. The van der Waals surface area contributed by atoms with E-state index in [9.17, 15) is 15.0 Å². The molecule has 6 atom stereocenters. The second-order valence-electron chi connectivity index (χ2n) is 6.77. The van der Waals surface area contributed by atoms with Crippen LogP contribution in [-0.2, 0) is 11.2 Å². The van der Waals surface area contributed by atoms with Gasteiger partial charge in [-0.15, -0.1) is 0 Å². The van der Waals surface area contributed by atoms with Crippen LogP contribution in [0.4, 0.5) is 0 Å². The van der Waals surface area contributed by atoms with E-state index < -0.39 is 12.2 Å². The summed E-state index contributed by atoms with van der Waals surface area (Å²) in [4.78, 5) is 12.1. The molecule has 0 amide bonds. The minimum Gasteiger partial charge on any atom is -0.392 e. The molecule has 2 N–H and O–H groups in total. The molecule has 0 heterocycles. The van der Waals surface area contributed by atoms with Gasteiger partial charge in [0.25, 0.3) is 0 Å². The van der Waals surface area contributed by atoms with Crippen LogP contribution in [0.25, 0.3) is 0 Å². The lowest BCUT2D eigenvalue weighted by Crippen LogP contribution is -2.56. The molecule has 0 aromatic heterocycles. The summed E-state index contributed by atoms with van der Waals surface area (Å²) in [6, 6.07) is 9.76. The fraction of sp³-hybridized carbons (Fsp3) is 0.550. The number of carbonyl (C=O) groups excluding carboxylic acids is 1. The van der Waals surface area contributed by atoms with Crippen molar-refractivity contribution in [1.82, 2.24) is 0 Å². The van der Waals surface area contributed by atoms with Crippen molar-refractivity contribution in [1.29, 1.82) is 0 Å². The topological polar surface area (TPSA) is 57.5 Å². The number of ketones is 1. The number of rotatable bonds is 3. The van der Waals surface area contributed by atoms with E-state index in [2.05, 4.69) is 11.8 Å². The maximum absolute atomic E-state index is 12.1. The molecule has 1 unspecified atom stereocenters. The van der Waals surface area contributed by atoms with Crippen LogP contribution in [0.2, 0.25) is 0 Å². The Morgan fingerprint density at radius 3 is 2.70 bits per heavy atom. The van der Waals surface area contributed by atoms with Gasteiger partial charge >= 0.3 is 0 Å². The van der Waals surface area contributed by atoms with Gasteiger partial charge in [-0.2, -0.15) is 0 Å². The van der Waals surface area contributed by atoms with Crippen molar-refractivity contribution < 1.29 is 15.0 Å². The fourth-order valence-electron chi connectivity index (χ4n) is 4.18. The van der Waals surface area contributed by atoms with Crippen LogP contribution in [0.1, 0.15) is 31.7 Å². The van der Waals surface area contributed by atoms with E-state index in [0.717, 1.165) is 18.4 Å². The summed E-state index contributed by atoms with van der Waals surface area (Å²) in [7, 11) is 0. The number of aliphatic hydroxyl groups is 2. The number of Topliss-reactive ketones (excluding diaryl/α,β-unsaturated/α-hetero) is 1. The number of carbonyl (C=O) groups is 1. The molecule has 0 radical (unpaired) electrons. The molecule has 1 aromatic carbocycles. The van der Waals surface area contributed by atoms with Crippen LogP contribution in [-0.4, -0.2) is 28.2 Å². The maximum atomic E-state index is 12.1. The van der Waals surface area contributed by atoms with Crippen molar-refractivity contribution >= 4 is 5.78 Å². The molecule has 0 spiro atoms. The molecule has 3 nitrogen and oxygen atoms in total. The van der Waals surface area contributed by atoms with Gasteiger partial charge in [0.15, 0.2) is 0 Å². The molecule has 0 aliphatic heterocycles. The lowest BCUT2D eigenvalue weighted by atomic mass is 9.52. The largest absolute Gasteiger partial charge is 0.392 e. The monoisotopic (exact) mass is 312 g/mol. The Labute approximate surface area is 137 Å². The Balaban J connectivity index is 1.69. The van der Waals surface area contributed by atoms with Gasteiger partial charge in [0.1, 0.15) is 11.9 Å². The molecule has 3 heteroatoms. The first-order valence-corrected chi connectivity index (χ1v) is 8.56. The standard InChI is InChI=1S/C20H24O3/c1-2-15-19-16(18(22)11-10-17(19)20(15)23)9-8-14(21)12-13-6-4-3-5-7-13/h3-7,14-19,21-22H,2,10-12H2,1H3/t14-,15?,16-,17-,18+,19+/m1/s1. The first kappa shape index (κ1) is 16.2. The average Bonchev–Trinajstić information content (AvgIpc) is 2.55. The zero-order valence-electron chi connectivity index (χ0n) is 13.5. The molecular weight excluding hydrogens is 288 g/mol. The maximum Gasteiger partial charge on any atom is 0.139 e. The van der Waals surface area contributed by atoms with E-state index >= 15 is 0 Å². The van der Waals surface area contributed by atoms with Gasteiger partial charge in [-0.05, 0) is 30.7 Å². The normalized spacial score (nSPS) is 33.9. The highest BCUT2D eigenvalue weighted by atomic mass is 16.3. The van der Waals surface area contributed by atoms with Crippen LogP contribution < -0.4 is 0 Å². The molecule has 0 saturated heterocycles. The quantitative estimate of drug-likeness (QED) is 0.841. The Kier molecular flexibility index (Phi) is 4.84. The Morgan fingerprint density at radius 1 is 1.26 bits per heavy atom. The lowest BCUT2D eigenvalue weighted by Gasteiger charge is -2.50. The van der Waals surface area contributed by atoms with Crippen molar-refractivity contribution in [2.45, 2.75) is 44.8 Å². The Hall–Kier alpha value is -1.63. The Bertz CT molecular complexity index is 605. The van der Waals surface area contributed by atoms with Crippen LogP contribution in [0.3, 0.4) is 0 Å². The number of benzene rings is 1. The highest BCUT2D eigenvalue weighted by Gasteiger charge is 2.55. The summed E-state index contributed by atoms with van der Waals surface area (Å²) in [5.74, 6) is 6.48. The third kappa shape index (κ3) is 3.20. The predicted octanol–water partition coefficient (Wildman–Crippen LogP) is 2.21. The first-order valence-electron chi connectivity index (χ1n) is 8.56. The fourth-order valence-corrected chi connectivity index (χ4v) is 4.18. The van der Waals surface area contributed by atoms with Gasteiger partial charge in [-0.3, -0.25) is 4.79 Å². The van der Waals surface area contributed by atoms with Crippen molar-refractivity contribution in [3.63, 3.8) is 0 Å². The van der Waals surface area contributed by atoms with Gasteiger partial charge in [-0.1, -0.05) is 49.1 Å². The number of hydrogen-bond acceptors (Lipinski definition) is 3. The number of hydrogen-bond donors (Lipinski definition) is 2. The van der Waals surface area contributed by atoms with Crippen LogP contribution in [0.15, 0.2) is 30.3 Å². The van der Waals surface area contributed by atoms with E-state index in [1.54, 1.807) is 0 Å². The molecule has 0 bridgehead atoms. The van der Waals surface area contributed by atoms with Crippen molar-refractivity contribution in [3.8, 4) is 11.8 Å². The van der Waals surface area contributed by atoms with E-state index in [4.69, 9.17) is 0 Å². The second-order valence-corrected chi connectivity index (χ2v) is 6.77. The first-order chi connectivity index (χ1) is 11.1. The van der Waals surface area contributed by atoms with Gasteiger partial charge in [0.05, 0.1) is 12.0 Å². The predicted molar refractivity (Wildman–Crippen MR) is 88.4 cm³/mol. The van der Waals surface area contributed by atoms with Crippen LogP contribution >= 0.6 is 0 Å². The van der Waals surface area contributed by atoms with Crippen molar-refractivity contribution in [2.75, 3.05) is 0 Å². The summed E-state index contributed by atoms with van der Waals surface area (Å²) >= 11 is 0. The SMILES string of the molecule is CCC1C(=O)[C@@H]2CC[C@H](O)[C@@H](C#C[C@@H](O)Cc3ccccc3)[C@H]12. The third-order valence-electron chi connectivity index (χ3n) is 5.39. The highest BCUT2D eigenvalue weighted by Crippen LogP contribution is 2.50. The van der Waals surface area contributed by atoms with Gasteiger partial charge in [-0.25, -0.2) is 0 Å². The highest BCUT2D eigenvalue weighted by molar-refractivity contribution is 5.90. The zero-order chi connectivity index (χ0) is 16.4. The Morgan fingerprint density at radius 2 is 2.00 bits per heavy atom. The number of aliphatic hydroxyl groups excluding tert-OH is 2. The summed E-state index contributed by atoms with van der Waals surface area (Å²) in [5.41, 5.74) is 1.04. The van der Waals surface area contributed by atoms with E-state index in [0.29, 0.717) is 18.6 Å².